The van der Waals surface area contributed by atoms with Crippen LogP contribution in [0.25, 0.3) is 10.9 Å². The van der Waals surface area contributed by atoms with Crippen LogP contribution in [0, 0.1) is 0 Å². The number of aromatic nitrogens is 1. The Morgan fingerprint density at radius 2 is 2.24 bits per heavy atom. The summed E-state index contributed by atoms with van der Waals surface area (Å²) in [6.07, 6.45) is 0.435. The molecule has 5 nitrogen and oxygen atoms in total. The number of hydrogen-bond acceptors (Lipinski definition) is 5. The predicted octanol–water partition coefficient (Wildman–Crippen LogP) is 2.58. The molecule has 0 radical (unpaired) electrons. The summed E-state index contributed by atoms with van der Waals surface area (Å²) in [6.45, 7) is 5.64. The third-order valence-electron chi connectivity index (χ3n) is 3.41. The highest BCUT2D eigenvalue weighted by atomic mass is 16.6. The fourth-order valence-corrected chi connectivity index (χ4v) is 2.36. The van der Waals surface area contributed by atoms with E-state index in [1.807, 2.05) is 12.1 Å². The SMILES string of the molecule is C=C1CC(C)(COc2ccc3cccc(O)c3n2)OC1=O. The lowest BCUT2D eigenvalue weighted by atomic mass is 10.0. The summed E-state index contributed by atoms with van der Waals surface area (Å²) >= 11 is 0. The minimum absolute atomic E-state index is 0.102. The molecule has 1 fully saturated rings. The summed E-state index contributed by atoms with van der Waals surface area (Å²) in [7, 11) is 0. The van der Waals surface area contributed by atoms with Crippen molar-refractivity contribution in [3.05, 3.63) is 42.5 Å². The van der Waals surface area contributed by atoms with Crippen LogP contribution in [0.5, 0.6) is 11.6 Å². The first-order valence-electron chi connectivity index (χ1n) is 6.59. The Morgan fingerprint density at radius 3 is 2.95 bits per heavy atom. The third kappa shape index (κ3) is 2.54. The molecule has 2 aromatic rings. The average molecular weight is 285 g/mol. The lowest BCUT2D eigenvalue weighted by Crippen LogP contribution is -2.32. The molecule has 5 heteroatoms. The van der Waals surface area contributed by atoms with E-state index in [0.717, 1.165) is 5.39 Å². The van der Waals surface area contributed by atoms with Crippen LogP contribution in [-0.2, 0) is 9.53 Å². The maximum absolute atomic E-state index is 11.4. The van der Waals surface area contributed by atoms with Crippen LogP contribution in [0.2, 0.25) is 0 Å². The van der Waals surface area contributed by atoms with Crippen molar-refractivity contribution in [3.8, 4) is 11.6 Å². The van der Waals surface area contributed by atoms with Crippen molar-refractivity contribution in [2.75, 3.05) is 6.61 Å². The van der Waals surface area contributed by atoms with Gasteiger partial charge in [0, 0.05) is 23.4 Å². The quantitative estimate of drug-likeness (QED) is 0.693. The number of esters is 1. The van der Waals surface area contributed by atoms with Gasteiger partial charge in [0.05, 0.1) is 0 Å². The molecule has 108 valence electrons. The van der Waals surface area contributed by atoms with Gasteiger partial charge < -0.3 is 14.6 Å². The van der Waals surface area contributed by atoms with Crippen LogP contribution in [0.4, 0.5) is 0 Å². The summed E-state index contributed by atoms with van der Waals surface area (Å²) in [5.41, 5.74) is 0.210. The Kier molecular flexibility index (Phi) is 3.05. The number of ether oxygens (including phenoxy) is 2. The second-order valence-electron chi connectivity index (χ2n) is 5.41. The predicted molar refractivity (Wildman–Crippen MR) is 77.2 cm³/mol. The monoisotopic (exact) mass is 285 g/mol. The lowest BCUT2D eigenvalue weighted by Gasteiger charge is -2.21. The molecule has 1 atom stereocenters. The Labute approximate surface area is 121 Å². The summed E-state index contributed by atoms with van der Waals surface area (Å²) < 4.78 is 10.9. The highest BCUT2D eigenvalue weighted by molar-refractivity contribution is 5.90. The number of hydrogen-bond donors (Lipinski definition) is 1. The van der Waals surface area contributed by atoms with Crippen LogP contribution in [-0.4, -0.2) is 28.3 Å². The van der Waals surface area contributed by atoms with Crippen LogP contribution < -0.4 is 4.74 Å². The zero-order valence-corrected chi connectivity index (χ0v) is 11.6. The topological polar surface area (TPSA) is 68.7 Å². The van der Waals surface area contributed by atoms with Gasteiger partial charge in [0.15, 0.2) is 0 Å². The molecule has 1 unspecified atom stereocenters. The number of phenolic OH excluding ortho intramolecular Hbond substituents is 1. The molecule has 1 aromatic heterocycles. The van der Waals surface area contributed by atoms with Crippen molar-refractivity contribution < 1.29 is 19.4 Å². The number of carbonyl (C=O) groups is 1. The molecule has 0 bridgehead atoms. The summed E-state index contributed by atoms with van der Waals surface area (Å²) in [6, 6.07) is 8.72. The fraction of sp³-hybridized carbons (Fsp3) is 0.250. The second-order valence-corrected chi connectivity index (χ2v) is 5.41. The van der Waals surface area contributed by atoms with E-state index in [1.54, 1.807) is 25.1 Å². The molecule has 0 aliphatic carbocycles. The van der Waals surface area contributed by atoms with E-state index in [1.165, 1.54) is 0 Å². The number of rotatable bonds is 3. The van der Waals surface area contributed by atoms with Gasteiger partial charge in [0.2, 0.25) is 5.88 Å². The Morgan fingerprint density at radius 1 is 1.43 bits per heavy atom. The van der Waals surface area contributed by atoms with Gasteiger partial charge in [-0.1, -0.05) is 18.7 Å². The summed E-state index contributed by atoms with van der Waals surface area (Å²) in [5.74, 6) is 0.0915. The van der Waals surface area contributed by atoms with E-state index in [-0.39, 0.29) is 18.3 Å². The number of pyridine rings is 1. The van der Waals surface area contributed by atoms with E-state index < -0.39 is 5.60 Å². The van der Waals surface area contributed by atoms with Crippen LogP contribution in [0.1, 0.15) is 13.3 Å². The Balaban J connectivity index is 1.78. The third-order valence-corrected chi connectivity index (χ3v) is 3.41. The molecular formula is C16H15NO4. The number of aromatic hydroxyl groups is 1. The van der Waals surface area contributed by atoms with Gasteiger partial charge in [-0.3, -0.25) is 0 Å². The zero-order chi connectivity index (χ0) is 15.0. The molecule has 1 saturated heterocycles. The summed E-state index contributed by atoms with van der Waals surface area (Å²) in [5, 5.41) is 10.6. The molecule has 0 amide bonds. The van der Waals surface area contributed by atoms with Gasteiger partial charge in [-0.15, -0.1) is 0 Å². The van der Waals surface area contributed by atoms with E-state index in [0.29, 0.717) is 23.4 Å². The minimum atomic E-state index is -0.719. The normalized spacial score (nSPS) is 21.6. The van der Waals surface area contributed by atoms with Gasteiger partial charge in [-0.2, -0.15) is 0 Å². The molecule has 1 aromatic carbocycles. The van der Waals surface area contributed by atoms with Gasteiger partial charge in [-0.25, -0.2) is 9.78 Å². The largest absolute Gasteiger partial charge is 0.506 e. The fourth-order valence-electron chi connectivity index (χ4n) is 2.36. The van der Waals surface area contributed by atoms with E-state index in [9.17, 15) is 9.90 Å². The van der Waals surface area contributed by atoms with E-state index in [4.69, 9.17) is 9.47 Å². The zero-order valence-electron chi connectivity index (χ0n) is 11.6. The molecule has 3 rings (SSSR count). The number of fused-ring (bicyclic) bond motifs is 1. The molecule has 1 N–H and O–H groups in total. The van der Waals surface area contributed by atoms with Crippen molar-refractivity contribution in [1.29, 1.82) is 0 Å². The van der Waals surface area contributed by atoms with Crippen molar-refractivity contribution >= 4 is 16.9 Å². The van der Waals surface area contributed by atoms with Crippen LogP contribution >= 0.6 is 0 Å². The maximum atomic E-state index is 11.4. The number of cyclic esters (lactones) is 1. The Bertz CT molecular complexity index is 722. The molecular weight excluding hydrogens is 270 g/mol. The first kappa shape index (κ1) is 13.4. The van der Waals surface area contributed by atoms with E-state index in [2.05, 4.69) is 11.6 Å². The van der Waals surface area contributed by atoms with Crippen molar-refractivity contribution in [2.24, 2.45) is 0 Å². The van der Waals surface area contributed by atoms with Crippen molar-refractivity contribution in [1.82, 2.24) is 4.98 Å². The van der Waals surface area contributed by atoms with Crippen LogP contribution in [0.15, 0.2) is 42.5 Å². The number of nitrogens with zero attached hydrogens (tertiary/aromatic N) is 1. The number of phenols is 1. The first-order chi connectivity index (χ1) is 9.97. The molecule has 21 heavy (non-hydrogen) atoms. The average Bonchev–Trinajstić information content (AvgIpc) is 2.71. The molecule has 2 heterocycles. The number of carbonyl (C=O) groups excluding carboxylic acids is 1. The molecule has 0 spiro atoms. The summed E-state index contributed by atoms with van der Waals surface area (Å²) in [4.78, 5) is 15.7. The first-order valence-corrected chi connectivity index (χ1v) is 6.59. The van der Waals surface area contributed by atoms with E-state index >= 15 is 0 Å². The van der Waals surface area contributed by atoms with Crippen molar-refractivity contribution in [3.63, 3.8) is 0 Å². The Hall–Kier alpha value is -2.56. The van der Waals surface area contributed by atoms with Gasteiger partial charge in [0.25, 0.3) is 0 Å². The van der Waals surface area contributed by atoms with Crippen LogP contribution in [0.3, 0.4) is 0 Å². The second kappa shape index (κ2) is 4.77. The highest BCUT2D eigenvalue weighted by Gasteiger charge is 2.39. The van der Waals surface area contributed by atoms with Gasteiger partial charge in [-0.05, 0) is 19.1 Å². The highest BCUT2D eigenvalue weighted by Crippen LogP contribution is 2.30. The molecule has 0 saturated carbocycles. The van der Waals surface area contributed by atoms with Gasteiger partial charge >= 0.3 is 5.97 Å². The van der Waals surface area contributed by atoms with Gasteiger partial charge in [0.1, 0.15) is 23.5 Å². The maximum Gasteiger partial charge on any atom is 0.334 e. The smallest absolute Gasteiger partial charge is 0.334 e. The molecule has 1 aliphatic heterocycles. The number of benzene rings is 1. The number of para-hydroxylation sites is 1. The standard InChI is InChI=1S/C16H15NO4/c1-10-8-16(2,21-15(10)19)9-20-13-7-6-11-4-3-5-12(18)14(11)17-13/h3-7,18H,1,8-9H2,2H3. The van der Waals surface area contributed by atoms with Crippen molar-refractivity contribution in [2.45, 2.75) is 18.9 Å². The minimum Gasteiger partial charge on any atom is -0.506 e. The lowest BCUT2D eigenvalue weighted by molar-refractivity contribution is -0.147. The molecule has 1 aliphatic rings.